The summed E-state index contributed by atoms with van der Waals surface area (Å²) in [6.07, 6.45) is 1.10. The van der Waals surface area contributed by atoms with Gasteiger partial charge in [0.15, 0.2) is 0 Å². The summed E-state index contributed by atoms with van der Waals surface area (Å²) in [5.74, 6) is -0.339. The highest BCUT2D eigenvalue weighted by Gasteiger charge is 2.17. The van der Waals surface area contributed by atoms with Crippen molar-refractivity contribution in [3.63, 3.8) is 0 Å². The molecule has 5 nitrogen and oxygen atoms in total. The summed E-state index contributed by atoms with van der Waals surface area (Å²) < 4.78 is 24.3. The average molecular weight is 381 g/mol. The third kappa shape index (κ3) is 4.32. The van der Waals surface area contributed by atoms with Crippen LogP contribution >= 0.6 is 11.6 Å². The van der Waals surface area contributed by atoms with Crippen molar-refractivity contribution < 1.29 is 13.2 Å². The van der Waals surface area contributed by atoms with E-state index in [1.165, 1.54) is 19.2 Å². The van der Waals surface area contributed by atoms with E-state index in [0.29, 0.717) is 5.69 Å². The molecule has 0 saturated carbocycles. The Kier molecular flexibility index (Phi) is 5.44. The van der Waals surface area contributed by atoms with Gasteiger partial charge in [-0.15, -0.1) is 0 Å². The molecule has 0 fully saturated rings. The van der Waals surface area contributed by atoms with E-state index >= 15 is 0 Å². The predicted octanol–water partition coefficient (Wildman–Crippen LogP) is 3.91. The second-order valence-electron chi connectivity index (χ2n) is 6.12. The molecule has 0 aliphatic rings. The SMILES string of the molecule is Cc1cc(C)c(NC(=O)c2ccc(N(C)S(C)(=O)=O)cc2Cl)c(C)c1. The predicted molar refractivity (Wildman–Crippen MR) is 103 cm³/mol. The highest BCUT2D eigenvalue weighted by atomic mass is 35.5. The Bertz CT molecular complexity index is 916. The second kappa shape index (κ2) is 7.06. The summed E-state index contributed by atoms with van der Waals surface area (Å²) in [5.41, 5.74) is 4.49. The minimum absolute atomic E-state index is 0.188. The third-order valence-corrected chi connectivity index (χ3v) is 5.49. The lowest BCUT2D eigenvalue weighted by Gasteiger charge is -2.18. The zero-order valence-corrected chi connectivity index (χ0v) is 16.4. The van der Waals surface area contributed by atoms with Crippen molar-refractivity contribution in [2.24, 2.45) is 0 Å². The van der Waals surface area contributed by atoms with Crippen molar-refractivity contribution in [3.05, 3.63) is 57.6 Å². The normalized spacial score (nSPS) is 11.3. The van der Waals surface area contributed by atoms with E-state index in [0.717, 1.165) is 32.9 Å². The van der Waals surface area contributed by atoms with Gasteiger partial charge in [0.25, 0.3) is 5.91 Å². The average Bonchev–Trinajstić information content (AvgIpc) is 2.48. The fourth-order valence-corrected chi connectivity index (χ4v) is 3.39. The van der Waals surface area contributed by atoms with Crippen molar-refractivity contribution in [3.8, 4) is 0 Å². The first kappa shape index (κ1) is 19.3. The Hall–Kier alpha value is -2.05. The van der Waals surface area contributed by atoms with Gasteiger partial charge in [0, 0.05) is 12.7 Å². The summed E-state index contributed by atoms with van der Waals surface area (Å²) in [5, 5.41) is 3.07. The molecule has 25 heavy (non-hydrogen) atoms. The molecule has 2 aromatic carbocycles. The zero-order valence-electron chi connectivity index (χ0n) is 14.8. The molecule has 0 heterocycles. The summed E-state index contributed by atoms with van der Waals surface area (Å²) in [7, 11) is -1.97. The van der Waals surface area contributed by atoms with Gasteiger partial charge < -0.3 is 5.32 Å². The quantitative estimate of drug-likeness (QED) is 0.874. The van der Waals surface area contributed by atoms with Gasteiger partial charge in [-0.3, -0.25) is 9.10 Å². The third-order valence-electron chi connectivity index (χ3n) is 3.97. The zero-order chi connectivity index (χ0) is 18.9. The van der Waals surface area contributed by atoms with Crippen LogP contribution in [0, 0.1) is 20.8 Å². The maximum atomic E-state index is 12.6. The number of benzene rings is 2. The minimum Gasteiger partial charge on any atom is -0.321 e. The van der Waals surface area contributed by atoms with E-state index in [1.807, 2.05) is 32.9 Å². The van der Waals surface area contributed by atoms with Crippen molar-refractivity contribution in [2.45, 2.75) is 20.8 Å². The number of hydrogen-bond donors (Lipinski definition) is 1. The Morgan fingerprint density at radius 1 is 1.08 bits per heavy atom. The van der Waals surface area contributed by atoms with Crippen LogP contribution in [0.3, 0.4) is 0 Å². The molecule has 0 radical (unpaired) electrons. The standard InChI is InChI=1S/C18H21ClN2O3S/c1-11-8-12(2)17(13(3)9-11)20-18(22)15-7-6-14(10-16(15)19)21(4)25(5,23)24/h6-10H,1-5H3,(H,20,22). The van der Waals surface area contributed by atoms with Crippen LogP contribution in [-0.4, -0.2) is 27.6 Å². The molecule has 134 valence electrons. The fraction of sp³-hybridized carbons (Fsp3) is 0.278. The first-order valence-electron chi connectivity index (χ1n) is 7.63. The Morgan fingerprint density at radius 3 is 2.12 bits per heavy atom. The maximum absolute atomic E-state index is 12.6. The molecule has 0 aromatic heterocycles. The molecule has 2 aromatic rings. The number of carbonyl (C=O) groups is 1. The molecule has 0 spiro atoms. The molecule has 0 aliphatic heterocycles. The molecule has 0 aliphatic carbocycles. The lowest BCUT2D eigenvalue weighted by Crippen LogP contribution is -2.25. The van der Waals surface area contributed by atoms with Gasteiger partial charge in [0.2, 0.25) is 10.0 Å². The first-order valence-corrected chi connectivity index (χ1v) is 9.86. The highest BCUT2D eigenvalue weighted by Crippen LogP contribution is 2.27. The monoisotopic (exact) mass is 380 g/mol. The number of nitrogens with zero attached hydrogens (tertiary/aromatic N) is 1. The van der Waals surface area contributed by atoms with Crippen LogP contribution in [0.4, 0.5) is 11.4 Å². The molecule has 0 saturated heterocycles. The molecule has 2 rings (SSSR count). The summed E-state index contributed by atoms with van der Waals surface area (Å²) in [6.45, 7) is 5.86. The smallest absolute Gasteiger partial charge is 0.257 e. The molecule has 1 amide bonds. The van der Waals surface area contributed by atoms with E-state index in [9.17, 15) is 13.2 Å². The number of nitrogens with one attached hydrogen (secondary N) is 1. The van der Waals surface area contributed by atoms with Crippen LogP contribution < -0.4 is 9.62 Å². The number of hydrogen-bond acceptors (Lipinski definition) is 3. The lowest BCUT2D eigenvalue weighted by atomic mass is 10.0. The molecule has 0 unspecified atom stereocenters. The van der Waals surface area contributed by atoms with Crippen LogP contribution in [-0.2, 0) is 10.0 Å². The van der Waals surface area contributed by atoms with Crippen molar-refractivity contribution in [1.29, 1.82) is 0 Å². The fourth-order valence-electron chi connectivity index (χ4n) is 2.63. The number of sulfonamides is 1. The number of rotatable bonds is 4. The summed E-state index contributed by atoms with van der Waals surface area (Å²) >= 11 is 6.21. The largest absolute Gasteiger partial charge is 0.321 e. The molecule has 0 bridgehead atoms. The molecule has 7 heteroatoms. The van der Waals surface area contributed by atoms with Crippen molar-refractivity contribution in [2.75, 3.05) is 22.9 Å². The number of anilines is 2. The van der Waals surface area contributed by atoms with Gasteiger partial charge in [-0.1, -0.05) is 29.3 Å². The van der Waals surface area contributed by atoms with Gasteiger partial charge in [-0.05, 0) is 50.1 Å². The van der Waals surface area contributed by atoms with Crippen LogP contribution in [0.1, 0.15) is 27.0 Å². The summed E-state index contributed by atoms with van der Waals surface area (Å²) in [4.78, 5) is 12.6. The summed E-state index contributed by atoms with van der Waals surface area (Å²) in [6, 6.07) is 8.53. The van der Waals surface area contributed by atoms with E-state index in [1.54, 1.807) is 6.07 Å². The molecule has 1 N–H and O–H groups in total. The Labute approximate surface area is 153 Å². The van der Waals surface area contributed by atoms with Crippen LogP contribution in [0.5, 0.6) is 0 Å². The second-order valence-corrected chi connectivity index (χ2v) is 8.54. The number of amides is 1. The Morgan fingerprint density at radius 2 is 1.64 bits per heavy atom. The van der Waals surface area contributed by atoms with Gasteiger partial charge in [0.1, 0.15) is 0 Å². The van der Waals surface area contributed by atoms with E-state index in [2.05, 4.69) is 5.32 Å². The van der Waals surface area contributed by atoms with E-state index in [-0.39, 0.29) is 16.5 Å². The van der Waals surface area contributed by atoms with Crippen LogP contribution in [0.25, 0.3) is 0 Å². The maximum Gasteiger partial charge on any atom is 0.257 e. The van der Waals surface area contributed by atoms with Crippen molar-refractivity contribution in [1.82, 2.24) is 0 Å². The lowest BCUT2D eigenvalue weighted by molar-refractivity contribution is 0.102. The molecular formula is C18H21ClN2O3S. The van der Waals surface area contributed by atoms with Gasteiger partial charge in [-0.25, -0.2) is 8.42 Å². The minimum atomic E-state index is -3.40. The first-order chi connectivity index (χ1) is 11.5. The van der Waals surface area contributed by atoms with E-state index in [4.69, 9.17) is 11.6 Å². The Balaban J connectivity index is 2.32. The molecular weight excluding hydrogens is 360 g/mol. The molecule has 0 atom stereocenters. The number of halogens is 1. The van der Waals surface area contributed by atoms with Crippen LogP contribution in [0.15, 0.2) is 30.3 Å². The topological polar surface area (TPSA) is 66.5 Å². The van der Waals surface area contributed by atoms with Gasteiger partial charge in [-0.2, -0.15) is 0 Å². The van der Waals surface area contributed by atoms with Crippen molar-refractivity contribution >= 4 is 38.9 Å². The van der Waals surface area contributed by atoms with Gasteiger partial charge >= 0.3 is 0 Å². The number of aryl methyl sites for hydroxylation is 3. The highest BCUT2D eigenvalue weighted by molar-refractivity contribution is 7.92. The van der Waals surface area contributed by atoms with Crippen LogP contribution in [0.2, 0.25) is 5.02 Å². The van der Waals surface area contributed by atoms with E-state index < -0.39 is 10.0 Å². The number of carbonyl (C=O) groups excluding carboxylic acids is 1. The van der Waals surface area contributed by atoms with Gasteiger partial charge in [0.05, 0.1) is 22.5 Å².